The number of hydrogen-bond donors (Lipinski definition) is 1. The largest absolute Gasteiger partial charge is 0.312 e. The number of aromatic nitrogens is 1. The fraction of sp³-hybridized carbons (Fsp3) is 0.150. The Bertz CT molecular complexity index is 1290. The number of carbonyl (C=O) groups excluding carboxylic acids is 2. The Morgan fingerprint density at radius 2 is 1.84 bits per heavy atom. The number of thiazole rings is 1. The van der Waals surface area contributed by atoms with E-state index in [4.69, 9.17) is 0 Å². The van der Waals surface area contributed by atoms with Gasteiger partial charge in [0.2, 0.25) is 21.7 Å². The molecule has 1 atom stereocenters. The van der Waals surface area contributed by atoms with E-state index in [2.05, 4.69) is 10.3 Å². The summed E-state index contributed by atoms with van der Waals surface area (Å²) in [5.74, 6) is -1.19. The third-order valence-electron chi connectivity index (χ3n) is 4.90. The molecule has 0 spiro atoms. The summed E-state index contributed by atoms with van der Waals surface area (Å²) in [6.45, 7) is 0.216. The van der Waals surface area contributed by atoms with E-state index in [0.717, 1.165) is 41.8 Å². The molecule has 10 nitrogen and oxygen atoms in total. The Kier molecular flexibility index (Phi) is 5.72. The monoisotopic (exact) mass is 472 g/mol. The van der Waals surface area contributed by atoms with E-state index in [-0.39, 0.29) is 38.8 Å². The lowest BCUT2D eigenvalue weighted by molar-refractivity contribution is -0.384. The first-order chi connectivity index (χ1) is 15.3. The first kappa shape index (κ1) is 21.6. The highest BCUT2D eigenvalue weighted by atomic mass is 32.2. The highest BCUT2D eigenvalue weighted by Crippen LogP contribution is 2.31. The maximum Gasteiger partial charge on any atom is 0.269 e. The summed E-state index contributed by atoms with van der Waals surface area (Å²) in [6.07, 6.45) is 1.16. The molecule has 1 saturated heterocycles. The summed E-state index contributed by atoms with van der Waals surface area (Å²) in [4.78, 5) is 40.5. The van der Waals surface area contributed by atoms with Crippen LogP contribution in [0.4, 0.5) is 16.5 Å². The molecular weight excluding hydrogens is 456 g/mol. The van der Waals surface area contributed by atoms with Crippen LogP contribution in [-0.4, -0.2) is 36.7 Å². The molecule has 0 aliphatic carbocycles. The first-order valence-electron chi connectivity index (χ1n) is 9.37. The Morgan fingerprint density at radius 1 is 1.16 bits per heavy atom. The van der Waals surface area contributed by atoms with E-state index in [0.29, 0.717) is 5.69 Å². The molecule has 0 saturated carbocycles. The summed E-state index contributed by atoms with van der Waals surface area (Å²) in [5, 5.41) is 13.4. The number of non-ortho nitro benzene ring substituents is 1. The highest BCUT2D eigenvalue weighted by molar-refractivity contribution is 7.93. The van der Waals surface area contributed by atoms with Gasteiger partial charge < -0.3 is 10.2 Å². The molecular formula is C20H16N4O6S2. The zero-order chi connectivity index (χ0) is 22.9. The molecule has 0 bridgehead atoms. The van der Waals surface area contributed by atoms with Crippen molar-refractivity contribution in [3.8, 4) is 0 Å². The summed E-state index contributed by atoms with van der Waals surface area (Å²) < 4.78 is 25.4. The SMILES string of the molecule is O=C(Nc1ncc(S(=O)(=O)c2ccc([N+](=O)[O-])cc2)s1)C1CC(=O)N(c2ccccc2)C1. The van der Waals surface area contributed by atoms with Gasteiger partial charge in [-0.15, -0.1) is 0 Å². The van der Waals surface area contributed by atoms with Gasteiger partial charge in [0.15, 0.2) is 5.13 Å². The van der Waals surface area contributed by atoms with E-state index in [1.165, 1.54) is 4.90 Å². The van der Waals surface area contributed by atoms with Gasteiger partial charge in [-0.3, -0.25) is 19.7 Å². The second-order valence-electron chi connectivity index (χ2n) is 6.97. The lowest BCUT2D eigenvalue weighted by Crippen LogP contribution is -2.28. The van der Waals surface area contributed by atoms with Gasteiger partial charge in [-0.25, -0.2) is 13.4 Å². The molecule has 2 amide bonds. The number of anilines is 2. The van der Waals surface area contributed by atoms with E-state index < -0.39 is 26.6 Å². The molecule has 2 heterocycles. The maximum absolute atomic E-state index is 12.7. The predicted molar refractivity (Wildman–Crippen MR) is 116 cm³/mol. The molecule has 1 N–H and O–H groups in total. The highest BCUT2D eigenvalue weighted by Gasteiger charge is 2.35. The number of benzene rings is 2. The normalized spacial score (nSPS) is 16.2. The number of para-hydroxylation sites is 1. The topological polar surface area (TPSA) is 140 Å². The van der Waals surface area contributed by atoms with Crippen LogP contribution in [0, 0.1) is 16.0 Å². The minimum absolute atomic E-state index is 0.0417. The molecule has 4 rings (SSSR count). The number of hydrogen-bond acceptors (Lipinski definition) is 8. The van der Waals surface area contributed by atoms with Crippen LogP contribution in [0.15, 0.2) is 69.9 Å². The minimum Gasteiger partial charge on any atom is -0.312 e. The number of rotatable bonds is 6. The molecule has 0 radical (unpaired) electrons. The number of nitro groups is 1. The van der Waals surface area contributed by atoms with Crippen molar-refractivity contribution < 1.29 is 22.9 Å². The van der Waals surface area contributed by atoms with Crippen LogP contribution in [0.5, 0.6) is 0 Å². The second-order valence-corrected chi connectivity index (χ2v) is 10.2. The van der Waals surface area contributed by atoms with Gasteiger partial charge in [0.1, 0.15) is 4.21 Å². The number of amides is 2. The van der Waals surface area contributed by atoms with Crippen molar-refractivity contribution in [2.45, 2.75) is 15.5 Å². The van der Waals surface area contributed by atoms with Crippen LogP contribution in [-0.2, 0) is 19.4 Å². The van der Waals surface area contributed by atoms with Crippen LogP contribution in [0.2, 0.25) is 0 Å². The molecule has 1 unspecified atom stereocenters. The summed E-state index contributed by atoms with van der Waals surface area (Å²) in [6, 6.07) is 13.5. The van der Waals surface area contributed by atoms with Gasteiger partial charge in [0.05, 0.1) is 21.9 Å². The zero-order valence-electron chi connectivity index (χ0n) is 16.4. The number of nitrogens with one attached hydrogen (secondary N) is 1. The zero-order valence-corrected chi connectivity index (χ0v) is 18.0. The number of sulfone groups is 1. The quantitative estimate of drug-likeness (QED) is 0.430. The smallest absolute Gasteiger partial charge is 0.269 e. The third kappa shape index (κ3) is 4.22. The molecule has 3 aromatic rings. The molecule has 1 aliphatic heterocycles. The van der Waals surface area contributed by atoms with Crippen molar-refractivity contribution in [2.75, 3.05) is 16.8 Å². The Balaban J connectivity index is 1.45. The lowest BCUT2D eigenvalue weighted by atomic mass is 10.1. The van der Waals surface area contributed by atoms with Gasteiger partial charge in [-0.05, 0) is 24.3 Å². The van der Waals surface area contributed by atoms with Crippen LogP contribution < -0.4 is 10.2 Å². The Labute approximate surface area is 186 Å². The molecule has 12 heteroatoms. The van der Waals surface area contributed by atoms with Gasteiger partial charge in [0.25, 0.3) is 5.69 Å². The van der Waals surface area contributed by atoms with Gasteiger partial charge in [0, 0.05) is 30.8 Å². The fourth-order valence-corrected chi connectivity index (χ4v) is 5.69. The first-order valence-corrected chi connectivity index (χ1v) is 11.7. The number of nitrogens with zero attached hydrogens (tertiary/aromatic N) is 3. The summed E-state index contributed by atoms with van der Waals surface area (Å²) in [7, 11) is -3.95. The van der Waals surface area contributed by atoms with E-state index in [1.807, 2.05) is 6.07 Å². The van der Waals surface area contributed by atoms with Gasteiger partial charge >= 0.3 is 0 Å². The van der Waals surface area contributed by atoms with Gasteiger partial charge in [-0.1, -0.05) is 29.5 Å². The molecule has 32 heavy (non-hydrogen) atoms. The second kappa shape index (κ2) is 8.48. The summed E-state index contributed by atoms with van der Waals surface area (Å²) >= 11 is 0.767. The van der Waals surface area contributed by atoms with Crippen LogP contribution in [0.3, 0.4) is 0 Å². The number of carbonyl (C=O) groups is 2. The van der Waals surface area contributed by atoms with Crippen molar-refractivity contribution in [3.05, 3.63) is 70.9 Å². The van der Waals surface area contributed by atoms with Crippen molar-refractivity contribution in [1.82, 2.24) is 4.98 Å². The van der Waals surface area contributed by atoms with Crippen LogP contribution in [0.25, 0.3) is 0 Å². The standard InChI is InChI=1S/C20H16N4O6S2/c25-17-10-13(12-23(17)14-4-2-1-3-5-14)19(26)22-20-21-11-18(31-20)32(29,30)16-8-6-15(7-9-16)24(27)28/h1-9,11,13H,10,12H2,(H,21,22,26). The van der Waals surface area contributed by atoms with Crippen LogP contribution >= 0.6 is 11.3 Å². The third-order valence-corrected chi connectivity index (χ3v) is 8.04. The van der Waals surface area contributed by atoms with E-state index in [9.17, 15) is 28.1 Å². The average Bonchev–Trinajstić information content (AvgIpc) is 3.41. The minimum atomic E-state index is -3.95. The molecule has 164 valence electrons. The molecule has 1 fully saturated rings. The lowest BCUT2D eigenvalue weighted by Gasteiger charge is -2.16. The van der Waals surface area contributed by atoms with Crippen molar-refractivity contribution >= 4 is 49.5 Å². The molecule has 2 aromatic carbocycles. The molecule has 1 aromatic heterocycles. The average molecular weight is 473 g/mol. The van der Waals surface area contributed by atoms with E-state index >= 15 is 0 Å². The maximum atomic E-state index is 12.7. The van der Waals surface area contributed by atoms with Crippen molar-refractivity contribution in [1.29, 1.82) is 0 Å². The van der Waals surface area contributed by atoms with Crippen molar-refractivity contribution in [3.63, 3.8) is 0 Å². The van der Waals surface area contributed by atoms with E-state index in [1.54, 1.807) is 24.3 Å². The Morgan fingerprint density at radius 3 is 2.50 bits per heavy atom. The fourth-order valence-electron chi connectivity index (χ4n) is 3.25. The van der Waals surface area contributed by atoms with Crippen LogP contribution in [0.1, 0.15) is 6.42 Å². The number of nitro benzene ring substituents is 1. The Hall–Kier alpha value is -3.64. The van der Waals surface area contributed by atoms with Crippen molar-refractivity contribution in [2.24, 2.45) is 5.92 Å². The predicted octanol–water partition coefficient (Wildman–Crippen LogP) is 2.88. The summed E-state index contributed by atoms with van der Waals surface area (Å²) in [5.41, 5.74) is 0.482. The molecule has 1 aliphatic rings. The van der Waals surface area contributed by atoms with Gasteiger partial charge in [-0.2, -0.15) is 0 Å².